The van der Waals surface area contributed by atoms with Gasteiger partial charge in [-0.1, -0.05) is 0 Å². The smallest absolute Gasteiger partial charge is 0.239 e. The van der Waals surface area contributed by atoms with Gasteiger partial charge in [-0.25, -0.2) is 0 Å². The largest absolute Gasteiger partial charge is 0.378 e. The van der Waals surface area contributed by atoms with Crippen LogP contribution in [0.2, 0.25) is 0 Å². The predicted octanol–water partition coefficient (Wildman–Crippen LogP) is -2.10. The maximum Gasteiger partial charge on any atom is 0.239 e. The van der Waals surface area contributed by atoms with E-state index in [-0.39, 0.29) is 24.4 Å². The Hall–Kier alpha value is -1.18. The van der Waals surface area contributed by atoms with E-state index in [0.717, 1.165) is 0 Å². The third-order valence-corrected chi connectivity index (χ3v) is 2.71. The third kappa shape index (κ3) is 4.59. The molecule has 0 aromatic rings. The topological polar surface area (TPSA) is 96.7 Å². The molecule has 104 valence electrons. The lowest BCUT2D eigenvalue weighted by atomic mass is 10.2. The minimum Gasteiger partial charge on any atom is -0.378 e. The van der Waals surface area contributed by atoms with Gasteiger partial charge < -0.3 is 21.1 Å². The molecule has 2 amide bonds. The monoisotopic (exact) mass is 258 g/mol. The number of hydrogen-bond donors (Lipinski definition) is 3. The molecule has 0 spiro atoms. The summed E-state index contributed by atoms with van der Waals surface area (Å²) in [5.41, 5.74) is 5.31. The summed E-state index contributed by atoms with van der Waals surface area (Å²) >= 11 is 0. The normalized spacial score (nSPS) is 20.4. The summed E-state index contributed by atoms with van der Waals surface area (Å²) in [5, 5.41) is 5.44. The van der Waals surface area contributed by atoms with Crippen molar-refractivity contribution in [3.63, 3.8) is 0 Å². The second-order valence-corrected chi connectivity index (χ2v) is 4.09. The summed E-state index contributed by atoms with van der Waals surface area (Å²) in [6.07, 6.45) is 0. The zero-order chi connectivity index (χ0) is 13.4. The highest BCUT2D eigenvalue weighted by molar-refractivity contribution is 5.83. The van der Waals surface area contributed by atoms with Crippen LogP contribution < -0.4 is 16.4 Å². The highest BCUT2D eigenvalue weighted by Crippen LogP contribution is 2.06. The fourth-order valence-electron chi connectivity index (χ4n) is 1.81. The summed E-state index contributed by atoms with van der Waals surface area (Å²) in [4.78, 5) is 25.3. The number of carbonyl (C=O) groups is 2. The molecule has 1 saturated heterocycles. The van der Waals surface area contributed by atoms with Crippen molar-refractivity contribution in [3.05, 3.63) is 0 Å². The molecule has 1 aliphatic heterocycles. The molecule has 0 aromatic carbocycles. The molecule has 7 heteroatoms. The van der Waals surface area contributed by atoms with E-state index >= 15 is 0 Å². The van der Waals surface area contributed by atoms with Crippen LogP contribution in [0.1, 0.15) is 6.92 Å². The Kier molecular flexibility index (Phi) is 6.63. The van der Waals surface area contributed by atoms with E-state index in [4.69, 9.17) is 10.5 Å². The number of likely N-dealkylation sites (N-methyl/N-ethyl adjacent to an activating group) is 1. The molecule has 1 atom stereocenters. The number of ether oxygens (including phenoxy) is 1. The first-order chi connectivity index (χ1) is 8.69. The number of hydrogen-bond acceptors (Lipinski definition) is 5. The molecule has 4 N–H and O–H groups in total. The average molecular weight is 258 g/mol. The van der Waals surface area contributed by atoms with Crippen LogP contribution in [0.5, 0.6) is 0 Å². The number of nitrogens with one attached hydrogen (secondary N) is 2. The molecular formula is C11H22N4O3. The van der Waals surface area contributed by atoms with Crippen LogP contribution in [0, 0.1) is 0 Å². The van der Waals surface area contributed by atoms with E-state index in [2.05, 4.69) is 10.6 Å². The van der Waals surface area contributed by atoms with E-state index in [1.54, 1.807) is 0 Å². The quantitative estimate of drug-likeness (QED) is 0.507. The van der Waals surface area contributed by atoms with Crippen molar-refractivity contribution in [2.45, 2.75) is 13.0 Å². The Balaban J connectivity index is 2.48. The van der Waals surface area contributed by atoms with E-state index in [1.165, 1.54) is 0 Å². The van der Waals surface area contributed by atoms with E-state index < -0.39 is 0 Å². The Morgan fingerprint density at radius 2 is 2.22 bits per heavy atom. The van der Waals surface area contributed by atoms with E-state index in [0.29, 0.717) is 39.4 Å². The van der Waals surface area contributed by atoms with Crippen LogP contribution in [0.25, 0.3) is 0 Å². The van der Waals surface area contributed by atoms with Crippen molar-refractivity contribution in [1.82, 2.24) is 15.5 Å². The summed E-state index contributed by atoms with van der Waals surface area (Å²) in [6.45, 7) is 4.95. The minimum absolute atomic E-state index is 0.0937. The fourth-order valence-corrected chi connectivity index (χ4v) is 1.81. The number of rotatable bonds is 6. The Morgan fingerprint density at radius 1 is 1.44 bits per heavy atom. The number of carbonyl (C=O) groups excluding carboxylic acids is 2. The number of morpholine rings is 1. The Bertz CT molecular complexity index is 285. The predicted molar refractivity (Wildman–Crippen MR) is 66.9 cm³/mol. The van der Waals surface area contributed by atoms with Crippen LogP contribution in [-0.2, 0) is 14.3 Å². The second kappa shape index (κ2) is 8.02. The summed E-state index contributed by atoms with van der Waals surface area (Å²) in [5.74, 6) is -0.208. The maximum absolute atomic E-state index is 11.8. The molecule has 1 unspecified atom stereocenters. The number of nitrogens with two attached hydrogens (primary N) is 1. The summed E-state index contributed by atoms with van der Waals surface area (Å²) < 4.78 is 5.29. The van der Waals surface area contributed by atoms with Crippen molar-refractivity contribution in [1.29, 1.82) is 0 Å². The van der Waals surface area contributed by atoms with Crippen LogP contribution in [0.4, 0.5) is 0 Å². The summed E-state index contributed by atoms with van der Waals surface area (Å²) in [7, 11) is 0. The lowest BCUT2D eigenvalue weighted by Crippen LogP contribution is -2.56. The zero-order valence-electron chi connectivity index (χ0n) is 10.8. The number of amides is 2. The molecule has 0 aliphatic carbocycles. The molecule has 1 heterocycles. The van der Waals surface area contributed by atoms with Gasteiger partial charge in [0.25, 0.3) is 0 Å². The first-order valence-corrected chi connectivity index (χ1v) is 6.25. The second-order valence-electron chi connectivity index (χ2n) is 4.09. The highest BCUT2D eigenvalue weighted by atomic mass is 16.5. The molecule has 1 rings (SSSR count). The van der Waals surface area contributed by atoms with Crippen molar-refractivity contribution >= 4 is 11.8 Å². The van der Waals surface area contributed by atoms with Gasteiger partial charge in [0, 0.05) is 26.2 Å². The van der Waals surface area contributed by atoms with Crippen LogP contribution >= 0.6 is 0 Å². The lowest BCUT2D eigenvalue weighted by Gasteiger charge is -2.33. The van der Waals surface area contributed by atoms with Gasteiger partial charge in [-0.15, -0.1) is 0 Å². The van der Waals surface area contributed by atoms with Gasteiger partial charge >= 0.3 is 0 Å². The molecular weight excluding hydrogens is 236 g/mol. The molecule has 0 bridgehead atoms. The molecule has 0 radical (unpaired) electrons. The van der Waals surface area contributed by atoms with Crippen molar-refractivity contribution < 1.29 is 14.3 Å². The molecule has 1 aliphatic rings. The molecule has 1 fully saturated rings. The van der Waals surface area contributed by atoms with Gasteiger partial charge in [0.15, 0.2) is 0 Å². The van der Waals surface area contributed by atoms with Gasteiger partial charge in [0.05, 0.1) is 19.8 Å². The zero-order valence-corrected chi connectivity index (χ0v) is 10.8. The van der Waals surface area contributed by atoms with Gasteiger partial charge in [-0.2, -0.15) is 0 Å². The van der Waals surface area contributed by atoms with Crippen LogP contribution in [0.3, 0.4) is 0 Å². The van der Waals surface area contributed by atoms with Crippen molar-refractivity contribution in [3.8, 4) is 0 Å². The molecule has 7 nitrogen and oxygen atoms in total. The van der Waals surface area contributed by atoms with Gasteiger partial charge in [0.2, 0.25) is 11.8 Å². The van der Waals surface area contributed by atoms with Crippen LogP contribution in [0.15, 0.2) is 0 Å². The Morgan fingerprint density at radius 3 is 2.89 bits per heavy atom. The highest BCUT2D eigenvalue weighted by Gasteiger charge is 2.30. The summed E-state index contributed by atoms with van der Waals surface area (Å²) in [6, 6.07) is -0.387. The number of nitrogens with zero attached hydrogens (tertiary/aromatic N) is 1. The lowest BCUT2D eigenvalue weighted by molar-refractivity contribution is -0.135. The van der Waals surface area contributed by atoms with Crippen LogP contribution in [-0.4, -0.2) is 68.7 Å². The van der Waals surface area contributed by atoms with Crippen molar-refractivity contribution in [2.24, 2.45) is 5.73 Å². The molecule has 0 saturated carbocycles. The van der Waals surface area contributed by atoms with Gasteiger partial charge in [-0.05, 0) is 6.92 Å². The fraction of sp³-hybridized carbons (Fsp3) is 0.818. The van der Waals surface area contributed by atoms with Gasteiger partial charge in [0.1, 0.15) is 6.04 Å². The first-order valence-electron chi connectivity index (χ1n) is 6.25. The SMILES string of the molecule is CCNC(=O)C1COCCN1CC(=O)NCCN. The molecule has 0 aromatic heterocycles. The maximum atomic E-state index is 11.8. The van der Waals surface area contributed by atoms with E-state index in [9.17, 15) is 9.59 Å². The Labute approximate surface area is 107 Å². The standard InChI is InChI=1S/C11H22N4O3/c1-2-13-11(17)9-8-18-6-5-15(9)7-10(16)14-4-3-12/h9H,2-8,12H2,1H3,(H,13,17)(H,14,16). The minimum atomic E-state index is -0.387. The third-order valence-electron chi connectivity index (χ3n) is 2.71. The molecule has 18 heavy (non-hydrogen) atoms. The first kappa shape index (κ1) is 14.9. The van der Waals surface area contributed by atoms with Gasteiger partial charge in [-0.3, -0.25) is 14.5 Å². The van der Waals surface area contributed by atoms with E-state index in [1.807, 2.05) is 11.8 Å². The van der Waals surface area contributed by atoms with Crippen molar-refractivity contribution in [2.75, 3.05) is 45.9 Å². The average Bonchev–Trinajstić information content (AvgIpc) is 2.37.